The molecule has 0 aliphatic carbocycles. The number of benzene rings is 3. The molecule has 0 aromatic heterocycles. The maximum absolute atomic E-state index is 14.4. The number of carbonyl (C=O) groups excluding carboxylic acids is 2. The molecule has 3 aromatic carbocycles. The Labute approximate surface area is 273 Å². The Hall–Kier alpha value is -3.97. The maximum Gasteiger partial charge on any atom is 0.265 e. The molecule has 1 atom stereocenters. The second-order valence-electron chi connectivity index (χ2n) is 10.0. The molecule has 0 aliphatic rings. The number of halogens is 1. The summed E-state index contributed by atoms with van der Waals surface area (Å²) < 4.78 is 52.1. The van der Waals surface area contributed by atoms with E-state index in [1.165, 1.54) is 57.6 Å². The zero-order valence-corrected chi connectivity index (χ0v) is 28.7. The summed E-state index contributed by atoms with van der Waals surface area (Å²) >= 11 is 3.42. The molecule has 0 spiro atoms. The second kappa shape index (κ2) is 16.4. The number of amides is 2. The maximum atomic E-state index is 14.4. The van der Waals surface area contributed by atoms with Gasteiger partial charge >= 0.3 is 0 Å². The molecule has 1 N–H and O–H groups in total. The van der Waals surface area contributed by atoms with Crippen LogP contribution in [0.25, 0.3) is 0 Å². The molecule has 0 unspecified atom stereocenters. The molecule has 0 bridgehead atoms. The van der Waals surface area contributed by atoms with Crippen LogP contribution in [0.3, 0.4) is 0 Å². The molecule has 0 radical (unpaired) electrons. The van der Waals surface area contributed by atoms with Crippen LogP contribution in [0.5, 0.6) is 23.0 Å². The molecule has 45 heavy (non-hydrogen) atoms. The smallest absolute Gasteiger partial charge is 0.265 e. The van der Waals surface area contributed by atoms with Gasteiger partial charge in [-0.25, -0.2) is 8.42 Å². The van der Waals surface area contributed by atoms with Gasteiger partial charge in [0.05, 0.1) is 39.0 Å². The minimum atomic E-state index is -4.43. The zero-order valence-electron chi connectivity index (χ0n) is 26.3. The first kappa shape index (κ1) is 35.5. The van der Waals surface area contributed by atoms with Crippen LogP contribution in [0, 0.1) is 0 Å². The van der Waals surface area contributed by atoms with Crippen LogP contribution < -0.4 is 28.6 Å². The molecule has 3 aromatic rings. The molecule has 0 fully saturated rings. The summed E-state index contributed by atoms with van der Waals surface area (Å²) in [7, 11) is 1.25. The zero-order chi connectivity index (χ0) is 33.1. The number of nitrogens with zero attached hydrogens (tertiary/aromatic N) is 2. The van der Waals surface area contributed by atoms with Gasteiger partial charge < -0.3 is 29.2 Å². The summed E-state index contributed by atoms with van der Waals surface area (Å²) in [4.78, 5) is 28.7. The SMILES string of the molecule is CCCCNC(=O)[C@H](C)N(Cc1ccc(Br)cc1)C(=O)CN(c1cc(OC)ccc1OC)S(=O)(=O)c1ccc(OC)c(OC)c1. The van der Waals surface area contributed by atoms with Crippen molar-refractivity contribution in [1.82, 2.24) is 10.2 Å². The van der Waals surface area contributed by atoms with Crippen LogP contribution in [0.1, 0.15) is 32.3 Å². The Bertz CT molecular complexity index is 1570. The summed E-state index contributed by atoms with van der Waals surface area (Å²) in [5, 5.41) is 2.88. The van der Waals surface area contributed by atoms with E-state index >= 15 is 0 Å². The molecule has 0 heterocycles. The molecule has 13 heteroatoms. The predicted octanol–water partition coefficient (Wildman–Crippen LogP) is 5.01. The van der Waals surface area contributed by atoms with E-state index in [4.69, 9.17) is 18.9 Å². The topological polar surface area (TPSA) is 124 Å². The van der Waals surface area contributed by atoms with E-state index in [1.54, 1.807) is 19.1 Å². The van der Waals surface area contributed by atoms with E-state index in [1.807, 2.05) is 31.2 Å². The first-order valence-electron chi connectivity index (χ1n) is 14.3. The third-order valence-electron chi connectivity index (χ3n) is 7.14. The number of rotatable bonds is 16. The Morgan fingerprint density at radius 1 is 0.867 bits per heavy atom. The lowest BCUT2D eigenvalue weighted by atomic mass is 10.1. The highest BCUT2D eigenvalue weighted by Crippen LogP contribution is 2.37. The highest BCUT2D eigenvalue weighted by atomic mass is 79.9. The number of methoxy groups -OCH3 is 4. The summed E-state index contributed by atoms with van der Waals surface area (Å²) in [5.74, 6) is 0.115. The van der Waals surface area contributed by atoms with Crippen LogP contribution >= 0.6 is 15.9 Å². The summed E-state index contributed by atoms with van der Waals surface area (Å²) in [5.41, 5.74) is 0.830. The number of hydrogen-bond donors (Lipinski definition) is 1. The van der Waals surface area contributed by atoms with E-state index in [-0.39, 0.29) is 34.5 Å². The van der Waals surface area contributed by atoms with Crippen LogP contribution in [0.2, 0.25) is 0 Å². The Balaban J connectivity index is 2.14. The minimum absolute atomic E-state index is 0.0635. The fourth-order valence-corrected chi connectivity index (χ4v) is 6.21. The lowest BCUT2D eigenvalue weighted by Crippen LogP contribution is -2.51. The van der Waals surface area contributed by atoms with Gasteiger partial charge in [-0.15, -0.1) is 0 Å². The van der Waals surface area contributed by atoms with E-state index in [2.05, 4.69) is 21.2 Å². The minimum Gasteiger partial charge on any atom is -0.497 e. The van der Waals surface area contributed by atoms with E-state index in [9.17, 15) is 18.0 Å². The number of ether oxygens (including phenoxy) is 4. The Kier molecular flexibility index (Phi) is 12.9. The summed E-state index contributed by atoms with van der Waals surface area (Å²) in [6.07, 6.45) is 1.67. The van der Waals surface area contributed by atoms with Crippen molar-refractivity contribution in [2.24, 2.45) is 0 Å². The van der Waals surface area contributed by atoms with Gasteiger partial charge in [-0.3, -0.25) is 13.9 Å². The third-order valence-corrected chi connectivity index (χ3v) is 9.42. The van der Waals surface area contributed by atoms with Crippen molar-refractivity contribution in [3.63, 3.8) is 0 Å². The fourth-order valence-electron chi connectivity index (χ4n) is 4.51. The molecule has 11 nitrogen and oxygen atoms in total. The Morgan fingerprint density at radius 3 is 2.11 bits per heavy atom. The van der Waals surface area contributed by atoms with Crippen LogP contribution in [0.4, 0.5) is 5.69 Å². The van der Waals surface area contributed by atoms with Crippen molar-refractivity contribution in [2.45, 2.75) is 44.2 Å². The average molecular weight is 707 g/mol. The molecule has 0 saturated carbocycles. The van der Waals surface area contributed by atoms with Crippen LogP contribution in [-0.4, -0.2) is 72.7 Å². The number of anilines is 1. The van der Waals surface area contributed by atoms with Crippen molar-refractivity contribution in [2.75, 3.05) is 45.8 Å². The normalized spacial score (nSPS) is 11.7. The van der Waals surface area contributed by atoms with Gasteiger partial charge in [0.2, 0.25) is 11.8 Å². The number of sulfonamides is 1. The largest absolute Gasteiger partial charge is 0.497 e. The number of nitrogens with one attached hydrogen (secondary N) is 1. The van der Waals surface area contributed by atoms with Crippen molar-refractivity contribution in [1.29, 1.82) is 0 Å². The second-order valence-corrected chi connectivity index (χ2v) is 12.8. The number of unbranched alkanes of at least 4 members (excludes halogenated alkanes) is 1. The third kappa shape index (κ3) is 8.82. The van der Waals surface area contributed by atoms with Crippen molar-refractivity contribution >= 4 is 43.5 Å². The standard InChI is InChI=1S/C32H40BrN3O8S/c1-7-8-17-34-32(38)22(2)35(20-23-9-11-24(33)12-10-23)31(37)21-36(27-18-25(41-3)13-15-28(27)42-4)45(39,40)26-14-16-29(43-5)30(19-26)44-6/h9-16,18-19,22H,7-8,17,20-21H2,1-6H3,(H,34,38)/t22-/m0/s1. The average Bonchev–Trinajstić information content (AvgIpc) is 3.05. The van der Waals surface area contributed by atoms with E-state index < -0.39 is 28.5 Å². The molecule has 244 valence electrons. The van der Waals surface area contributed by atoms with Gasteiger partial charge in [0.1, 0.15) is 24.1 Å². The molecule has 3 rings (SSSR count). The highest BCUT2D eigenvalue weighted by Gasteiger charge is 2.34. The van der Waals surface area contributed by atoms with E-state index in [0.29, 0.717) is 18.0 Å². The van der Waals surface area contributed by atoms with Crippen molar-refractivity contribution in [3.05, 3.63) is 70.7 Å². The fraction of sp³-hybridized carbons (Fsp3) is 0.375. The van der Waals surface area contributed by atoms with Gasteiger partial charge in [0, 0.05) is 29.7 Å². The number of hydrogen-bond acceptors (Lipinski definition) is 8. The van der Waals surface area contributed by atoms with Gasteiger partial charge in [-0.05, 0) is 55.3 Å². The molecule has 2 amide bonds. The van der Waals surface area contributed by atoms with Gasteiger partial charge in [0.15, 0.2) is 11.5 Å². The Morgan fingerprint density at radius 2 is 1.51 bits per heavy atom. The van der Waals surface area contributed by atoms with Gasteiger partial charge in [-0.2, -0.15) is 0 Å². The predicted molar refractivity (Wildman–Crippen MR) is 176 cm³/mol. The van der Waals surface area contributed by atoms with Gasteiger partial charge in [-0.1, -0.05) is 41.4 Å². The van der Waals surface area contributed by atoms with E-state index in [0.717, 1.165) is 27.2 Å². The molecule has 0 saturated heterocycles. The van der Waals surface area contributed by atoms with Crippen molar-refractivity contribution in [3.8, 4) is 23.0 Å². The quantitative estimate of drug-likeness (QED) is 0.206. The van der Waals surface area contributed by atoms with Crippen LogP contribution in [-0.2, 0) is 26.2 Å². The lowest BCUT2D eigenvalue weighted by molar-refractivity contribution is -0.139. The molecule has 0 aliphatic heterocycles. The molecular formula is C32H40BrN3O8S. The first-order chi connectivity index (χ1) is 21.5. The lowest BCUT2D eigenvalue weighted by Gasteiger charge is -2.32. The summed E-state index contributed by atoms with van der Waals surface area (Å²) in [6, 6.07) is 15.2. The molecular weight excluding hydrogens is 666 g/mol. The summed E-state index contributed by atoms with van der Waals surface area (Å²) in [6.45, 7) is 3.51. The van der Waals surface area contributed by atoms with Crippen molar-refractivity contribution < 1.29 is 37.0 Å². The monoisotopic (exact) mass is 705 g/mol. The van der Waals surface area contributed by atoms with Gasteiger partial charge in [0.25, 0.3) is 10.0 Å². The highest BCUT2D eigenvalue weighted by molar-refractivity contribution is 9.10. The number of carbonyl (C=O) groups is 2. The first-order valence-corrected chi connectivity index (χ1v) is 16.5. The van der Waals surface area contributed by atoms with Crippen LogP contribution in [0.15, 0.2) is 70.0 Å².